The van der Waals surface area contributed by atoms with Crippen LogP contribution >= 0.6 is 0 Å². The van der Waals surface area contributed by atoms with Crippen molar-refractivity contribution in [3.63, 3.8) is 0 Å². The molecule has 1 aliphatic rings. The molecule has 0 aromatic carbocycles. The lowest BCUT2D eigenvalue weighted by molar-refractivity contribution is -0.149. The second-order valence-electron chi connectivity index (χ2n) is 3.35. The van der Waals surface area contributed by atoms with Crippen molar-refractivity contribution in [1.82, 2.24) is 10.2 Å². The summed E-state index contributed by atoms with van der Waals surface area (Å²) in [7, 11) is 0. The molecule has 0 radical (unpaired) electrons. The number of nitrogens with zero attached hydrogens (tertiary/aromatic N) is 1. The molecule has 4 amide bonds. The van der Waals surface area contributed by atoms with Gasteiger partial charge in [0.15, 0.2) is 0 Å². The highest BCUT2D eigenvalue weighted by Gasteiger charge is 2.33. The highest BCUT2D eigenvalue weighted by molar-refractivity contribution is 6.14. The van der Waals surface area contributed by atoms with Gasteiger partial charge in [-0.2, -0.15) is 0 Å². The minimum Gasteiger partial charge on any atom is -0.465 e. The molecule has 0 atom stereocenters. The van der Waals surface area contributed by atoms with Gasteiger partial charge in [-0.05, 0) is 6.42 Å². The molecule has 0 aromatic rings. The molecule has 88 valence electrons. The maximum atomic E-state index is 11.4. The van der Waals surface area contributed by atoms with Gasteiger partial charge >= 0.3 is 6.09 Å². The standard InChI is InChI=1S/C9H12N2O5/c12-6(2-1-5-10-9(15)16)11-7(13)3-4-8(11)14/h10H,1-5H2,(H,15,16). The minimum absolute atomic E-state index is 0.0161. The van der Waals surface area contributed by atoms with Crippen molar-refractivity contribution in [3.05, 3.63) is 0 Å². The first-order chi connectivity index (χ1) is 7.52. The Hall–Kier alpha value is -1.92. The lowest BCUT2D eigenvalue weighted by Gasteiger charge is -2.11. The van der Waals surface area contributed by atoms with Gasteiger partial charge in [-0.3, -0.25) is 14.4 Å². The monoisotopic (exact) mass is 228 g/mol. The summed E-state index contributed by atoms with van der Waals surface area (Å²) in [5, 5.41) is 10.3. The van der Waals surface area contributed by atoms with Gasteiger partial charge in [0.2, 0.25) is 17.7 Å². The van der Waals surface area contributed by atoms with E-state index < -0.39 is 23.8 Å². The Balaban J connectivity index is 2.32. The van der Waals surface area contributed by atoms with Gasteiger partial charge in [0, 0.05) is 25.8 Å². The van der Waals surface area contributed by atoms with Gasteiger partial charge in [0.1, 0.15) is 0 Å². The number of hydrogen-bond acceptors (Lipinski definition) is 4. The van der Waals surface area contributed by atoms with Gasteiger partial charge in [0.05, 0.1) is 0 Å². The molecule has 1 heterocycles. The normalized spacial score (nSPS) is 15.4. The summed E-state index contributed by atoms with van der Waals surface area (Å²) >= 11 is 0. The molecule has 1 rings (SSSR count). The van der Waals surface area contributed by atoms with Gasteiger partial charge < -0.3 is 10.4 Å². The van der Waals surface area contributed by atoms with Crippen molar-refractivity contribution in [1.29, 1.82) is 0 Å². The van der Waals surface area contributed by atoms with Crippen molar-refractivity contribution < 1.29 is 24.3 Å². The summed E-state index contributed by atoms with van der Waals surface area (Å²) in [6.07, 6.45) is -0.753. The number of imide groups is 3. The second kappa shape index (κ2) is 5.24. The topological polar surface area (TPSA) is 104 Å². The Kier molecular flexibility index (Phi) is 3.98. The molecule has 0 spiro atoms. The molecule has 16 heavy (non-hydrogen) atoms. The predicted molar refractivity (Wildman–Crippen MR) is 51.4 cm³/mol. The number of carbonyl (C=O) groups excluding carboxylic acids is 3. The van der Waals surface area contributed by atoms with Crippen LogP contribution in [0.4, 0.5) is 4.79 Å². The first-order valence-corrected chi connectivity index (χ1v) is 4.88. The van der Waals surface area contributed by atoms with Gasteiger partial charge in [-0.25, -0.2) is 9.69 Å². The van der Waals surface area contributed by atoms with E-state index >= 15 is 0 Å². The van der Waals surface area contributed by atoms with E-state index in [9.17, 15) is 19.2 Å². The average molecular weight is 228 g/mol. The number of hydrogen-bond donors (Lipinski definition) is 2. The summed E-state index contributed by atoms with van der Waals surface area (Å²) in [6, 6.07) is 0. The second-order valence-corrected chi connectivity index (χ2v) is 3.35. The zero-order valence-corrected chi connectivity index (χ0v) is 8.56. The van der Waals surface area contributed by atoms with Crippen molar-refractivity contribution >= 4 is 23.8 Å². The third-order valence-electron chi connectivity index (χ3n) is 2.14. The molecule has 1 fully saturated rings. The Bertz CT molecular complexity index is 323. The van der Waals surface area contributed by atoms with Crippen LogP contribution in [0.2, 0.25) is 0 Å². The molecule has 1 saturated heterocycles. The first-order valence-electron chi connectivity index (χ1n) is 4.88. The van der Waals surface area contributed by atoms with Gasteiger partial charge in [-0.1, -0.05) is 0 Å². The Morgan fingerprint density at radius 1 is 1.25 bits per heavy atom. The SMILES string of the molecule is O=C(O)NCCCC(=O)N1C(=O)CCC1=O. The zero-order valence-electron chi connectivity index (χ0n) is 8.56. The van der Waals surface area contributed by atoms with E-state index in [0.717, 1.165) is 0 Å². The van der Waals surface area contributed by atoms with Crippen LogP contribution in [-0.2, 0) is 14.4 Å². The van der Waals surface area contributed by atoms with E-state index in [-0.39, 0.29) is 32.2 Å². The van der Waals surface area contributed by atoms with Crippen LogP contribution in [0.1, 0.15) is 25.7 Å². The van der Waals surface area contributed by atoms with E-state index in [1.165, 1.54) is 0 Å². The fourth-order valence-electron chi connectivity index (χ4n) is 1.40. The van der Waals surface area contributed by atoms with Crippen molar-refractivity contribution in [3.8, 4) is 0 Å². The molecular weight excluding hydrogens is 216 g/mol. The summed E-state index contributed by atoms with van der Waals surface area (Å²) in [5.41, 5.74) is 0. The molecular formula is C9H12N2O5. The van der Waals surface area contributed by atoms with Crippen LogP contribution < -0.4 is 5.32 Å². The molecule has 0 unspecified atom stereocenters. The Morgan fingerprint density at radius 3 is 2.31 bits per heavy atom. The number of carbonyl (C=O) groups is 4. The number of rotatable bonds is 4. The molecule has 0 aliphatic carbocycles. The largest absolute Gasteiger partial charge is 0.465 e. The summed E-state index contributed by atoms with van der Waals surface area (Å²) in [6.45, 7) is 0.122. The van der Waals surface area contributed by atoms with Gasteiger partial charge in [-0.15, -0.1) is 0 Å². The molecule has 0 bridgehead atoms. The van der Waals surface area contributed by atoms with E-state index in [1.807, 2.05) is 0 Å². The molecule has 1 aliphatic heterocycles. The fourth-order valence-corrected chi connectivity index (χ4v) is 1.40. The highest BCUT2D eigenvalue weighted by Crippen LogP contribution is 2.13. The predicted octanol–water partition coefficient (Wildman–Crippen LogP) is -0.290. The quantitative estimate of drug-likeness (QED) is 0.508. The summed E-state index contributed by atoms with van der Waals surface area (Å²) < 4.78 is 0. The molecule has 7 heteroatoms. The average Bonchev–Trinajstić information content (AvgIpc) is 2.53. The third-order valence-corrected chi connectivity index (χ3v) is 2.14. The molecule has 0 aromatic heterocycles. The summed E-state index contributed by atoms with van der Waals surface area (Å²) in [4.78, 5) is 44.4. The van der Waals surface area contributed by atoms with Gasteiger partial charge in [0.25, 0.3) is 0 Å². The zero-order chi connectivity index (χ0) is 12.1. The molecule has 0 saturated carbocycles. The maximum absolute atomic E-state index is 11.4. The number of amides is 4. The van der Waals surface area contributed by atoms with Crippen molar-refractivity contribution in [2.45, 2.75) is 25.7 Å². The molecule has 7 nitrogen and oxygen atoms in total. The highest BCUT2D eigenvalue weighted by atomic mass is 16.4. The minimum atomic E-state index is -1.17. The smallest absolute Gasteiger partial charge is 0.404 e. The maximum Gasteiger partial charge on any atom is 0.404 e. The van der Waals surface area contributed by atoms with Crippen molar-refractivity contribution in [2.24, 2.45) is 0 Å². The van der Waals surface area contributed by atoms with E-state index in [0.29, 0.717) is 4.90 Å². The number of nitrogens with one attached hydrogen (secondary N) is 1. The number of carboxylic acid groups (broad SMARTS) is 1. The van der Waals surface area contributed by atoms with Crippen molar-refractivity contribution in [2.75, 3.05) is 6.54 Å². The summed E-state index contributed by atoms with van der Waals surface area (Å²) in [5.74, 6) is -1.50. The molecule has 2 N–H and O–H groups in total. The number of likely N-dealkylation sites (tertiary alicyclic amines) is 1. The van der Waals surface area contributed by atoms with Crippen LogP contribution in [-0.4, -0.2) is 40.4 Å². The van der Waals surface area contributed by atoms with E-state index in [1.54, 1.807) is 0 Å². The van der Waals surface area contributed by atoms with Crippen LogP contribution in [0, 0.1) is 0 Å². The van der Waals surface area contributed by atoms with Crippen LogP contribution in [0.15, 0.2) is 0 Å². The lowest BCUT2D eigenvalue weighted by Crippen LogP contribution is -2.36. The fraction of sp³-hybridized carbons (Fsp3) is 0.556. The van der Waals surface area contributed by atoms with Crippen LogP contribution in [0.3, 0.4) is 0 Å². The first kappa shape index (κ1) is 12.2. The lowest BCUT2D eigenvalue weighted by atomic mass is 10.3. The Labute approximate surface area is 91.4 Å². The van der Waals surface area contributed by atoms with Crippen LogP contribution in [0.25, 0.3) is 0 Å². The van der Waals surface area contributed by atoms with E-state index in [2.05, 4.69) is 5.32 Å². The Morgan fingerprint density at radius 2 is 1.81 bits per heavy atom. The third kappa shape index (κ3) is 3.04. The van der Waals surface area contributed by atoms with Crippen LogP contribution in [0.5, 0.6) is 0 Å². The van der Waals surface area contributed by atoms with E-state index in [4.69, 9.17) is 5.11 Å².